The second-order valence-corrected chi connectivity index (χ2v) is 3.48. The molecule has 8 heavy (non-hydrogen) atoms. The lowest BCUT2D eigenvalue weighted by Gasteiger charge is -1.94. The number of carbonyl (C=O) groups is 1. The Hall–Kier alpha value is 0.300. The summed E-state index contributed by atoms with van der Waals surface area (Å²) >= 11 is 4.66. The largest absolute Gasteiger partial charge is 0.346 e. The van der Waals surface area contributed by atoms with E-state index in [2.05, 4.69) is 21.2 Å². The topological polar surface area (TPSA) is 29.1 Å². The summed E-state index contributed by atoms with van der Waals surface area (Å²) in [4.78, 5) is 10.4. The Bertz CT molecular complexity index is 108. The SMILES string of the molecule is O=C1NC[C@H](CBr)S1. The highest BCUT2D eigenvalue weighted by Crippen LogP contribution is 2.18. The molecule has 0 radical (unpaired) electrons. The van der Waals surface area contributed by atoms with Gasteiger partial charge >= 0.3 is 0 Å². The minimum Gasteiger partial charge on any atom is -0.346 e. The highest BCUT2D eigenvalue weighted by Gasteiger charge is 2.20. The molecule has 0 aromatic heterocycles. The van der Waals surface area contributed by atoms with Crippen LogP contribution in [0.3, 0.4) is 0 Å². The molecule has 1 heterocycles. The van der Waals surface area contributed by atoms with Crippen molar-refractivity contribution in [2.75, 3.05) is 11.9 Å². The van der Waals surface area contributed by atoms with E-state index in [-0.39, 0.29) is 5.24 Å². The van der Waals surface area contributed by atoms with Crippen LogP contribution in [0, 0.1) is 0 Å². The molecule has 0 aromatic rings. The van der Waals surface area contributed by atoms with Crippen molar-refractivity contribution in [2.45, 2.75) is 5.25 Å². The molecule has 1 saturated heterocycles. The van der Waals surface area contributed by atoms with Crippen LogP contribution in [-0.4, -0.2) is 22.4 Å². The molecule has 0 aliphatic carbocycles. The summed E-state index contributed by atoms with van der Waals surface area (Å²) in [5.74, 6) is 0. The first-order chi connectivity index (χ1) is 3.83. The van der Waals surface area contributed by atoms with E-state index in [1.54, 1.807) is 0 Å². The summed E-state index contributed by atoms with van der Waals surface area (Å²) in [6.45, 7) is 0.814. The van der Waals surface area contributed by atoms with Crippen molar-refractivity contribution < 1.29 is 4.79 Å². The molecule has 2 nitrogen and oxygen atoms in total. The summed E-state index contributed by atoms with van der Waals surface area (Å²) in [7, 11) is 0. The van der Waals surface area contributed by atoms with E-state index >= 15 is 0 Å². The van der Waals surface area contributed by atoms with Gasteiger partial charge in [-0.2, -0.15) is 0 Å². The van der Waals surface area contributed by atoms with Gasteiger partial charge in [0.05, 0.1) is 0 Å². The molecule has 0 aromatic carbocycles. The van der Waals surface area contributed by atoms with Gasteiger partial charge in [-0.1, -0.05) is 27.7 Å². The molecule has 1 rings (SSSR count). The minimum absolute atomic E-state index is 0.106. The fraction of sp³-hybridized carbons (Fsp3) is 0.750. The van der Waals surface area contributed by atoms with Gasteiger partial charge in [0.1, 0.15) is 0 Å². The number of hydrogen-bond donors (Lipinski definition) is 1. The number of hydrogen-bond acceptors (Lipinski definition) is 2. The predicted octanol–water partition coefficient (Wildman–Crippen LogP) is 1.21. The molecule has 0 bridgehead atoms. The Morgan fingerprint density at radius 3 is 3.00 bits per heavy atom. The van der Waals surface area contributed by atoms with Gasteiger partial charge in [-0.3, -0.25) is 4.79 Å². The average molecular weight is 196 g/mol. The normalized spacial score (nSPS) is 28.1. The Labute approximate surface area is 60.5 Å². The number of halogens is 1. The molecule has 1 N–H and O–H groups in total. The van der Waals surface area contributed by atoms with Crippen molar-refractivity contribution in [1.29, 1.82) is 0 Å². The summed E-state index contributed by atoms with van der Waals surface area (Å²) in [6, 6.07) is 0. The van der Waals surface area contributed by atoms with Crippen molar-refractivity contribution in [3.63, 3.8) is 0 Å². The van der Waals surface area contributed by atoms with Crippen molar-refractivity contribution in [1.82, 2.24) is 5.32 Å². The number of carbonyl (C=O) groups excluding carboxylic acids is 1. The number of rotatable bonds is 1. The van der Waals surface area contributed by atoms with Gasteiger partial charge in [0.2, 0.25) is 0 Å². The van der Waals surface area contributed by atoms with E-state index in [1.807, 2.05) is 0 Å². The summed E-state index contributed by atoms with van der Waals surface area (Å²) < 4.78 is 0. The third-order valence-corrected chi connectivity index (χ3v) is 3.16. The van der Waals surface area contributed by atoms with Gasteiger partial charge in [0.25, 0.3) is 5.24 Å². The van der Waals surface area contributed by atoms with Crippen LogP contribution in [0.15, 0.2) is 0 Å². The molecule has 1 aliphatic rings. The molecule has 1 fully saturated rings. The van der Waals surface area contributed by atoms with Gasteiger partial charge in [-0.05, 0) is 0 Å². The fourth-order valence-electron chi connectivity index (χ4n) is 0.518. The average Bonchev–Trinajstić information content (AvgIpc) is 2.14. The molecule has 0 spiro atoms. The van der Waals surface area contributed by atoms with E-state index in [9.17, 15) is 4.79 Å². The van der Waals surface area contributed by atoms with Crippen molar-refractivity contribution >= 4 is 32.9 Å². The standard InChI is InChI=1S/C4H6BrNOS/c5-1-3-2-6-4(7)8-3/h3H,1-2H2,(H,6,7)/t3-/m0/s1. The van der Waals surface area contributed by atoms with Crippen LogP contribution in [0.4, 0.5) is 4.79 Å². The maximum absolute atomic E-state index is 10.4. The van der Waals surface area contributed by atoms with Crippen molar-refractivity contribution in [2.24, 2.45) is 0 Å². The minimum atomic E-state index is 0.106. The molecule has 4 heteroatoms. The van der Waals surface area contributed by atoms with Gasteiger partial charge in [-0.25, -0.2) is 0 Å². The second kappa shape index (κ2) is 2.73. The van der Waals surface area contributed by atoms with Crippen LogP contribution in [-0.2, 0) is 0 Å². The quantitative estimate of drug-likeness (QED) is 0.638. The van der Waals surface area contributed by atoms with Crippen LogP contribution in [0.1, 0.15) is 0 Å². The first-order valence-corrected chi connectivity index (χ1v) is 4.33. The van der Waals surface area contributed by atoms with Crippen LogP contribution < -0.4 is 5.32 Å². The zero-order valence-electron chi connectivity index (χ0n) is 4.19. The van der Waals surface area contributed by atoms with Gasteiger partial charge < -0.3 is 5.32 Å². The third-order valence-electron chi connectivity index (χ3n) is 0.920. The molecule has 46 valence electrons. The van der Waals surface area contributed by atoms with E-state index in [4.69, 9.17) is 0 Å². The number of thioether (sulfide) groups is 1. The number of alkyl halides is 1. The lowest BCUT2D eigenvalue weighted by Crippen LogP contribution is -2.15. The maximum Gasteiger partial charge on any atom is 0.279 e. The summed E-state index contributed by atoms with van der Waals surface area (Å²) in [6.07, 6.45) is 0. The van der Waals surface area contributed by atoms with Crippen molar-refractivity contribution in [3.8, 4) is 0 Å². The number of nitrogens with one attached hydrogen (secondary N) is 1. The Morgan fingerprint density at radius 1 is 2.00 bits per heavy atom. The molecule has 0 unspecified atom stereocenters. The Balaban J connectivity index is 2.32. The van der Waals surface area contributed by atoms with Crippen LogP contribution >= 0.6 is 27.7 Å². The van der Waals surface area contributed by atoms with Crippen LogP contribution in [0.25, 0.3) is 0 Å². The highest BCUT2D eigenvalue weighted by molar-refractivity contribution is 9.09. The first-order valence-electron chi connectivity index (χ1n) is 2.33. The third kappa shape index (κ3) is 1.39. The Kier molecular flexibility index (Phi) is 2.19. The molecule has 1 aliphatic heterocycles. The van der Waals surface area contributed by atoms with E-state index < -0.39 is 0 Å². The van der Waals surface area contributed by atoms with E-state index in [0.717, 1.165) is 11.9 Å². The van der Waals surface area contributed by atoms with Gasteiger partial charge in [0.15, 0.2) is 0 Å². The molecular formula is C4H6BrNOS. The Morgan fingerprint density at radius 2 is 2.75 bits per heavy atom. The second-order valence-electron chi connectivity index (χ2n) is 1.56. The molecule has 0 saturated carbocycles. The van der Waals surface area contributed by atoms with E-state index in [1.165, 1.54) is 11.8 Å². The van der Waals surface area contributed by atoms with Crippen molar-refractivity contribution in [3.05, 3.63) is 0 Å². The smallest absolute Gasteiger partial charge is 0.279 e. The van der Waals surface area contributed by atoms with Crippen LogP contribution in [0.5, 0.6) is 0 Å². The first kappa shape index (κ1) is 6.42. The number of amides is 1. The molecule has 1 amide bonds. The van der Waals surface area contributed by atoms with E-state index in [0.29, 0.717) is 5.25 Å². The predicted molar refractivity (Wildman–Crippen MR) is 38.6 cm³/mol. The summed E-state index contributed by atoms with van der Waals surface area (Å²) in [5.41, 5.74) is 0. The summed E-state index contributed by atoms with van der Waals surface area (Å²) in [5, 5.41) is 4.17. The lowest BCUT2D eigenvalue weighted by molar-refractivity contribution is 0.262. The monoisotopic (exact) mass is 195 g/mol. The molecular weight excluding hydrogens is 190 g/mol. The lowest BCUT2D eigenvalue weighted by atomic mass is 10.5. The molecule has 1 atom stereocenters. The maximum atomic E-state index is 10.4. The fourth-order valence-corrected chi connectivity index (χ4v) is 1.84. The zero-order chi connectivity index (χ0) is 5.98. The van der Waals surface area contributed by atoms with Crippen LogP contribution in [0.2, 0.25) is 0 Å². The van der Waals surface area contributed by atoms with Gasteiger partial charge in [0, 0.05) is 17.1 Å². The highest BCUT2D eigenvalue weighted by atomic mass is 79.9. The van der Waals surface area contributed by atoms with Gasteiger partial charge in [-0.15, -0.1) is 0 Å². The zero-order valence-corrected chi connectivity index (χ0v) is 6.59.